The molecule has 1 saturated carbocycles. The van der Waals surface area contributed by atoms with Crippen molar-refractivity contribution in [3.63, 3.8) is 0 Å². The van der Waals surface area contributed by atoms with Gasteiger partial charge in [0.05, 0.1) is 11.7 Å². The molecule has 5 rings (SSSR count). The summed E-state index contributed by atoms with van der Waals surface area (Å²) in [6, 6.07) is 8.57. The number of carbonyl (C=O) groups excluding carboxylic acids is 1. The standard InChI is InChI=1S/C28H34FN5O2/c1-4-12-30-28(35)17-36-26-11-10-21(29)15-22(26)19(3)33-13-6-5-7-25(33)24-16-27-31-23(20-8-9-20)14-18(2)34(27)32-24/h10-11,14-16,20,25H,3-9,12-13,17H2,1-2H3,(H,30,35). The Morgan fingerprint density at radius 1 is 1.19 bits per heavy atom. The van der Waals surface area contributed by atoms with Crippen molar-refractivity contribution in [1.82, 2.24) is 24.8 Å². The zero-order valence-electron chi connectivity index (χ0n) is 21.1. The molecular weight excluding hydrogens is 457 g/mol. The van der Waals surface area contributed by atoms with Gasteiger partial charge in [-0.3, -0.25) is 4.79 Å². The van der Waals surface area contributed by atoms with E-state index in [1.165, 1.54) is 25.0 Å². The molecule has 1 aliphatic heterocycles. The maximum absolute atomic E-state index is 14.3. The van der Waals surface area contributed by atoms with E-state index in [2.05, 4.69) is 35.9 Å². The van der Waals surface area contributed by atoms with Gasteiger partial charge in [-0.25, -0.2) is 13.9 Å². The molecule has 8 heteroatoms. The van der Waals surface area contributed by atoms with E-state index >= 15 is 0 Å². The zero-order valence-corrected chi connectivity index (χ0v) is 21.1. The number of likely N-dealkylation sites (tertiary alicyclic amines) is 1. The van der Waals surface area contributed by atoms with Gasteiger partial charge in [-0.15, -0.1) is 0 Å². The van der Waals surface area contributed by atoms with Crippen LogP contribution in [0.15, 0.2) is 36.9 Å². The number of nitrogens with one attached hydrogen (secondary N) is 1. The van der Waals surface area contributed by atoms with Crippen LogP contribution < -0.4 is 10.1 Å². The lowest BCUT2D eigenvalue weighted by Gasteiger charge is -2.38. The van der Waals surface area contributed by atoms with Crippen LogP contribution in [0.3, 0.4) is 0 Å². The second-order valence-corrected chi connectivity index (χ2v) is 9.87. The smallest absolute Gasteiger partial charge is 0.257 e. The first-order valence-corrected chi connectivity index (χ1v) is 13.0. The van der Waals surface area contributed by atoms with Crippen LogP contribution in [0.1, 0.15) is 80.1 Å². The van der Waals surface area contributed by atoms with Gasteiger partial charge in [-0.1, -0.05) is 13.5 Å². The fourth-order valence-corrected chi connectivity index (χ4v) is 4.95. The number of benzene rings is 1. The minimum Gasteiger partial charge on any atom is -0.483 e. The number of fused-ring (bicyclic) bond motifs is 1. The Hall–Kier alpha value is -3.42. The fourth-order valence-electron chi connectivity index (χ4n) is 4.95. The lowest BCUT2D eigenvalue weighted by Crippen LogP contribution is -2.32. The maximum Gasteiger partial charge on any atom is 0.257 e. The minimum absolute atomic E-state index is 0.000644. The predicted octanol–water partition coefficient (Wildman–Crippen LogP) is 5.16. The first kappa shape index (κ1) is 24.3. The number of piperidine rings is 1. The molecule has 1 N–H and O–H groups in total. The number of rotatable bonds is 9. The van der Waals surface area contributed by atoms with E-state index in [0.29, 0.717) is 29.5 Å². The van der Waals surface area contributed by atoms with E-state index in [0.717, 1.165) is 55.0 Å². The number of amides is 1. The van der Waals surface area contributed by atoms with Gasteiger partial charge in [-0.05, 0) is 69.7 Å². The van der Waals surface area contributed by atoms with E-state index in [9.17, 15) is 9.18 Å². The van der Waals surface area contributed by atoms with E-state index in [4.69, 9.17) is 14.8 Å². The number of aromatic nitrogens is 3. The maximum atomic E-state index is 14.3. The zero-order chi connectivity index (χ0) is 25.2. The van der Waals surface area contributed by atoms with Crippen LogP contribution in [-0.4, -0.2) is 45.1 Å². The topological polar surface area (TPSA) is 71.8 Å². The third-order valence-corrected chi connectivity index (χ3v) is 7.01. The second kappa shape index (κ2) is 10.3. The van der Waals surface area contributed by atoms with Crippen LogP contribution in [0.25, 0.3) is 11.3 Å². The molecule has 1 aromatic carbocycles. The molecule has 190 valence electrons. The van der Waals surface area contributed by atoms with Crippen LogP contribution in [0.5, 0.6) is 5.75 Å². The third kappa shape index (κ3) is 5.08. The highest BCUT2D eigenvalue weighted by Gasteiger charge is 2.30. The molecule has 36 heavy (non-hydrogen) atoms. The predicted molar refractivity (Wildman–Crippen MR) is 137 cm³/mol. The Morgan fingerprint density at radius 3 is 2.81 bits per heavy atom. The molecule has 7 nitrogen and oxygen atoms in total. The molecule has 0 spiro atoms. The Morgan fingerprint density at radius 2 is 2.03 bits per heavy atom. The van der Waals surface area contributed by atoms with Crippen LogP contribution in [0.2, 0.25) is 0 Å². The molecule has 2 fully saturated rings. The molecule has 3 aromatic rings. The summed E-state index contributed by atoms with van der Waals surface area (Å²) >= 11 is 0. The Labute approximate surface area is 211 Å². The van der Waals surface area contributed by atoms with Crippen molar-refractivity contribution in [3.05, 3.63) is 65.4 Å². The third-order valence-electron chi connectivity index (χ3n) is 7.01. The molecule has 1 aliphatic carbocycles. The number of hydrogen-bond donors (Lipinski definition) is 1. The second-order valence-electron chi connectivity index (χ2n) is 9.87. The van der Waals surface area contributed by atoms with Crippen molar-refractivity contribution in [3.8, 4) is 5.75 Å². The van der Waals surface area contributed by atoms with E-state index in [1.807, 2.05) is 11.4 Å². The number of ether oxygens (including phenoxy) is 1. The molecule has 1 amide bonds. The van der Waals surface area contributed by atoms with Crippen molar-refractivity contribution < 1.29 is 13.9 Å². The van der Waals surface area contributed by atoms with Gasteiger partial charge in [0.1, 0.15) is 11.6 Å². The molecular formula is C28H34FN5O2. The van der Waals surface area contributed by atoms with Gasteiger partial charge in [0.15, 0.2) is 12.3 Å². The Kier molecular flexibility index (Phi) is 6.94. The lowest BCUT2D eigenvalue weighted by molar-refractivity contribution is -0.123. The minimum atomic E-state index is -0.373. The SMILES string of the molecule is C=C(c1cc(F)ccc1OCC(=O)NCCC)N1CCCCC1c1cc2nc(C3CC3)cc(C)n2n1. The molecule has 1 atom stereocenters. The van der Waals surface area contributed by atoms with Crippen LogP contribution in [0.4, 0.5) is 4.39 Å². The molecule has 1 saturated heterocycles. The van der Waals surface area contributed by atoms with Gasteiger partial charge in [0, 0.05) is 47.7 Å². The summed E-state index contributed by atoms with van der Waals surface area (Å²) in [6.07, 6.45) is 6.27. The number of carbonyl (C=O) groups is 1. The lowest BCUT2D eigenvalue weighted by atomic mass is 9.97. The molecule has 3 heterocycles. The van der Waals surface area contributed by atoms with Crippen molar-refractivity contribution in [2.75, 3.05) is 19.7 Å². The summed E-state index contributed by atoms with van der Waals surface area (Å²) in [5, 5.41) is 7.72. The van der Waals surface area contributed by atoms with Gasteiger partial charge in [0.25, 0.3) is 5.91 Å². The number of halogens is 1. The van der Waals surface area contributed by atoms with E-state index in [1.54, 1.807) is 6.07 Å². The number of nitrogens with zero attached hydrogens (tertiary/aromatic N) is 4. The van der Waals surface area contributed by atoms with Crippen molar-refractivity contribution >= 4 is 17.3 Å². The fraction of sp³-hybridized carbons (Fsp3) is 0.464. The highest BCUT2D eigenvalue weighted by atomic mass is 19.1. The molecule has 1 unspecified atom stereocenters. The van der Waals surface area contributed by atoms with Gasteiger partial charge < -0.3 is 15.0 Å². The van der Waals surface area contributed by atoms with Gasteiger partial charge in [-0.2, -0.15) is 5.10 Å². The van der Waals surface area contributed by atoms with Crippen LogP contribution in [-0.2, 0) is 4.79 Å². The van der Waals surface area contributed by atoms with E-state index in [-0.39, 0.29) is 24.4 Å². The van der Waals surface area contributed by atoms with Crippen molar-refractivity contribution in [2.45, 2.75) is 64.3 Å². The van der Waals surface area contributed by atoms with Crippen LogP contribution >= 0.6 is 0 Å². The van der Waals surface area contributed by atoms with Crippen molar-refractivity contribution in [1.29, 1.82) is 0 Å². The average molecular weight is 492 g/mol. The highest BCUT2D eigenvalue weighted by molar-refractivity contribution is 5.78. The largest absolute Gasteiger partial charge is 0.483 e. The monoisotopic (exact) mass is 491 g/mol. The molecule has 0 radical (unpaired) electrons. The van der Waals surface area contributed by atoms with Gasteiger partial charge in [0.2, 0.25) is 0 Å². The molecule has 2 aliphatic rings. The normalized spacial score (nSPS) is 17.9. The summed E-state index contributed by atoms with van der Waals surface area (Å²) < 4.78 is 22.1. The Bertz CT molecular complexity index is 1280. The highest BCUT2D eigenvalue weighted by Crippen LogP contribution is 2.41. The summed E-state index contributed by atoms with van der Waals surface area (Å²) in [4.78, 5) is 19.2. The number of aryl methyl sites for hydroxylation is 1. The summed E-state index contributed by atoms with van der Waals surface area (Å²) in [6.45, 7) is 9.66. The average Bonchev–Trinajstić information content (AvgIpc) is 3.65. The first-order chi connectivity index (χ1) is 17.4. The van der Waals surface area contributed by atoms with E-state index < -0.39 is 0 Å². The summed E-state index contributed by atoms with van der Waals surface area (Å²) in [7, 11) is 0. The van der Waals surface area contributed by atoms with Crippen LogP contribution in [0, 0.1) is 12.7 Å². The van der Waals surface area contributed by atoms with Gasteiger partial charge >= 0.3 is 0 Å². The number of hydrogen-bond acceptors (Lipinski definition) is 5. The Balaban J connectivity index is 1.41. The summed E-state index contributed by atoms with van der Waals surface area (Å²) in [5.41, 5.74) is 5.27. The first-order valence-electron chi connectivity index (χ1n) is 13.0. The molecule has 2 aromatic heterocycles. The molecule has 0 bridgehead atoms. The summed E-state index contributed by atoms with van der Waals surface area (Å²) in [5.74, 6) is 0.446. The van der Waals surface area contributed by atoms with Crippen molar-refractivity contribution in [2.24, 2.45) is 0 Å². The quantitative estimate of drug-likeness (QED) is 0.448.